The van der Waals surface area contributed by atoms with Crippen LogP contribution in [-0.4, -0.2) is 24.2 Å². The van der Waals surface area contributed by atoms with Gasteiger partial charge in [0.05, 0.1) is 34.2 Å². The molecule has 0 bridgehead atoms. The fraction of sp³-hybridized carbons (Fsp3) is 0.188. The van der Waals surface area contributed by atoms with Crippen molar-refractivity contribution in [2.45, 2.75) is 12.7 Å². The second-order valence-corrected chi connectivity index (χ2v) is 5.50. The number of ether oxygens (including phenoxy) is 1. The lowest BCUT2D eigenvalue weighted by Crippen LogP contribution is -2.29. The minimum absolute atomic E-state index is 0.110. The Morgan fingerprint density at radius 1 is 1.38 bits per heavy atom. The number of nitrogen functional groups attached to an aromatic ring is 1. The molecule has 26 heavy (non-hydrogen) atoms. The Balaban J connectivity index is 1.90. The third-order valence-corrected chi connectivity index (χ3v) is 3.57. The normalized spacial score (nSPS) is 11.1. The highest BCUT2D eigenvalue weighted by Crippen LogP contribution is 2.31. The first-order valence-corrected chi connectivity index (χ1v) is 7.56. The molecule has 0 saturated heterocycles. The van der Waals surface area contributed by atoms with Gasteiger partial charge < -0.3 is 15.8 Å². The maximum absolute atomic E-state index is 12.6. The Labute approximate surface area is 151 Å². The predicted molar refractivity (Wildman–Crippen MR) is 91.7 cm³/mol. The molecule has 0 unspecified atom stereocenters. The molecule has 2 aromatic rings. The van der Waals surface area contributed by atoms with E-state index in [2.05, 4.69) is 22.0 Å². The summed E-state index contributed by atoms with van der Waals surface area (Å²) in [6, 6.07) is 5.39. The van der Waals surface area contributed by atoms with Crippen molar-refractivity contribution >= 4 is 35.6 Å². The third-order valence-electron chi connectivity index (χ3n) is 3.24. The summed E-state index contributed by atoms with van der Waals surface area (Å²) in [5, 5.41) is 2.26. The number of hydrogen-bond acceptors (Lipinski definition) is 5. The van der Waals surface area contributed by atoms with E-state index in [1.54, 1.807) is 12.1 Å². The lowest BCUT2D eigenvalue weighted by Gasteiger charge is -2.11. The summed E-state index contributed by atoms with van der Waals surface area (Å²) < 4.78 is 42.9. The molecule has 0 radical (unpaired) electrons. The summed E-state index contributed by atoms with van der Waals surface area (Å²) in [4.78, 5) is 19.1. The molecular weight excluding hydrogens is 373 g/mol. The van der Waals surface area contributed by atoms with Gasteiger partial charge in [0.1, 0.15) is 5.75 Å². The number of halogens is 4. The maximum atomic E-state index is 12.6. The van der Waals surface area contributed by atoms with Gasteiger partial charge in [0, 0.05) is 12.3 Å². The van der Waals surface area contributed by atoms with E-state index in [0.29, 0.717) is 23.3 Å². The number of aromatic nitrogens is 1. The van der Waals surface area contributed by atoms with Crippen LogP contribution in [0, 0.1) is 0 Å². The fourth-order valence-electron chi connectivity index (χ4n) is 1.88. The van der Waals surface area contributed by atoms with E-state index < -0.39 is 17.6 Å². The highest BCUT2D eigenvalue weighted by Gasteiger charge is 2.31. The van der Waals surface area contributed by atoms with Gasteiger partial charge in [0.15, 0.2) is 6.61 Å². The zero-order valence-electron chi connectivity index (χ0n) is 13.3. The van der Waals surface area contributed by atoms with Crippen LogP contribution in [0.4, 0.5) is 24.5 Å². The van der Waals surface area contributed by atoms with E-state index in [1.807, 2.05) is 0 Å². The zero-order chi connectivity index (χ0) is 19.3. The van der Waals surface area contributed by atoms with E-state index in [0.717, 1.165) is 6.07 Å². The summed E-state index contributed by atoms with van der Waals surface area (Å²) in [7, 11) is 0. The smallest absolute Gasteiger partial charge is 0.417 e. The van der Waals surface area contributed by atoms with Crippen LogP contribution in [0.1, 0.15) is 11.3 Å². The average molecular weight is 387 g/mol. The van der Waals surface area contributed by atoms with Crippen LogP contribution in [-0.2, 0) is 17.5 Å². The summed E-state index contributed by atoms with van der Waals surface area (Å²) in [6.45, 7) is 2.91. The molecule has 0 aliphatic carbocycles. The van der Waals surface area contributed by atoms with Crippen LogP contribution in [0.3, 0.4) is 0 Å². The molecule has 0 aliphatic heterocycles. The Hall–Kier alpha value is -2.81. The average Bonchev–Trinajstić information content (AvgIpc) is 2.59. The summed E-state index contributed by atoms with van der Waals surface area (Å²) in [5.74, 6) is -0.143. The van der Waals surface area contributed by atoms with Gasteiger partial charge in [-0.15, -0.1) is 0 Å². The van der Waals surface area contributed by atoms with Crippen molar-refractivity contribution in [1.82, 2.24) is 10.3 Å². The summed E-state index contributed by atoms with van der Waals surface area (Å²) >= 11 is 5.77. The van der Waals surface area contributed by atoms with Crippen molar-refractivity contribution in [3.8, 4) is 5.75 Å². The standard InChI is InChI=1S/C16H14ClF3N4O2/c1-22-13-5-10(2-3-12(13)21)26-8-15(25)24-7-14-11(17)4-9(6-23-14)16(18,19)20/h2-6H,1,7-8,21H2,(H,24,25). The summed E-state index contributed by atoms with van der Waals surface area (Å²) in [5.41, 5.74) is 5.65. The predicted octanol–water partition coefficient (Wildman–Crippen LogP) is 3.36. The molecule has 2 rings (SSSR count). The van der Waals surface area contributed by atoms with Crippen molar-refractivity contribution in [3.63, 3.8) is 0 Å². The minimum Gasteiger partial charge on any atom is -0.484 e. The molecule has 0 aliphatic rings. The topological polar surface area (TPSA) is 89.6 Å². The van der Waals surface area contributed by atoms with Crippen molar-refractivity contribution in [2.75, 3.05) is 12.3 Å². The minimum atomic E-state index is -4.54. The van der Waals surface area contributed by atoms with Gasteiger partial charge in [-0.05, 0) is 24.9 Å². The first kappa shape index (κ1) is 19.5. The van der Waals surface area contributed by atoms with E-state index in [4.69, 9.17) is 22.1 Å². The van der Waals surface area contributed by atoms with Crippen molar-refractivity contribution in [3.05, 3.63) is 46.7 Å². The number of nitrogens with two attached hydrogens (primary N) is 1. The van der Waals surface area contributed by atoms with Crippen molar-refractivity contribution < 1.29 is 22.7 Å². The summed E-state index contributed by atoms with van der Waals surface area (Å²) in [6.07, 6.45) is -3.88. The number of carbonyl (C=O) groups is 1. The first-order valence-electron chi connectivity index (χ1n) is 7.18. The molecule has 6 nitrogen and oxygen atoms in total. The molecule has 138 valence electrons. The van der Waals surface area contributed by atoms with Crippen LogP contribution in [0.25, 0.3) is 0 Å². The Morgan fingerprint density at radius 3 is 2.73 bits per heavy atom. The number of nitrogens with zero attached hydrogens (tertiary/aromatic N) is 2. The van der Waals surface area contributed by atoms with Gasteiger partial charge in [0.2, 0.25) is 0 Å². The number of hydrogen-bond donors (Lipinski definition) is 2. The number of rotatable bonds is 6. The fourth-order valence-corrected chi connectivity index (χ4v) is 2.12. The number of benzene rings is 1. The van der Waals surface area contributed by atoms with Gasteiger partial charge >= 0.3 is 6.18 Å². The van der Waals surface area contributed by atoms with E-state index in [-0.39, 0.29) is 23.9 Å². The molecule has 1 amide bonds. The number of alkyl halides is 3. The molecule has 1 aromatic carbocycles. The lowest BCUT2D eigenvalue weighted by molar-refractivity contribution is -0.137. The van der Waals surface area contributed by atoms with E-state index >= 15 is 0 Å². The molecular formula is C16H14ClF3N4O2. The lowest BCUT2D eigenvalue weighted by atomic mass is 10.2. The number of pyridine rings is 1. The zero-order valence-corrected chi connectivity index (χ0v) is 14.1. The molecule has 0 saturated carbocycles. The van der Waals surface area contributed by atoms with Crippen LogP contribution in [0.15, 0.2) is 35.5 Å². The molecule has 0 atom stereocenters. The van der Waals surface area contributed by atoms with Gasteiger partial charge in [0.25, 0.3) is 5.91 Å². The number of aliphatic imine (C=N–C) groups is 1. The molecule has 1 aromatic heterocycles. The largest absolute Gasteiger partial charge is 0.484 e. The monoisotopic (exact) mass is 386 g/mol. The van der Waals surface area contributed by atoms with Gasteiger partial charge in [-0.25, -0.2) is 0 Å². The highest BCUT2D eigenvalue weighted by atomic mass is 35.5. The van der Waals surface area contributed by atoms with Crippen LogP contribution in [0.5, 0.6) is 5.75 Å². The first-order chi connectivity index (χ1) is 12.2. The molecule has 0 spiro atoms. The van der Waals surface area contributed by atoms with Gasteiger partial charge in [-0.2, -0.15) is 13.2 Å². The van der Waals surface area contributed by atoms with Crippen LogP contribution < -0.4 is 15.8 Å². The van der Waals surface area contributed by atoms with Crippen molar-refractivity contribution in [2.24, 2.45) is 4.99 Å². The van der Waals surface area contributed by atoms with Gasteiger partial charge in [-0.3, -0.25) is 14.8 Å². The van der Waals surface area contributed by atoms with E-state index in [9.17, 15) is 18.0 Å². The van der Waals surface area contributed by atoms with Crippen LogP contribution >= 0.6 is 11.6 Å². The number of anilines is 1. The molecule has 10 heteroatoms. The number of amides is 1. The third kappa shape index (κ3) is 5.09. The molecule has 0 fully saturated rings. The van der Waals surface area contributed by atoms with Crippen molar-refractivity contribution in [1.29, 1.82) is 0 Å². The maximum Gasteiger partial charge on any atom is 0.417 e. The quantitative estimate of drug-likeness (QED) is 0.588. The Kier molecular flexibility index (Phi) is 6.04. The van der Waals surface area contributed by atoms with Crippen LogP contribution in [0.2, 0.25) is 5.02 Å². The molecule has 3 N–H and O–H groups in total. The van der Waals surface area contributed by atoms with E-state index in [1.165, 1.54) is 6.07 Å². The number of carbonyl (C=O) groups excluding carboxylic acids is 1. The second kappa shape index (κ2) is 8.05. The number of nitrogens with one attached hydrogen (secondary N) is 1. The molecule has 1 heterocycles. The second-order valence-electron chi connectivity index (χ2n) is 5.09. The highest BCUT2D eigenvalue weighted by molar-refractivity contribution is 6.31. The SMILES string of the molecule is C=Nc1cc(OCC(=O)NCc2ncc(C(F)(F)F)cc2Cl)ccc1N. The Morgan fingerprint density at radius 2 is 2.12 bits per heavy atom. The van der Waals surface area contributed by atoms with Gasteiger partial charge in [-0.1, -0.05) is 11.6 Å². The Bertz CT molecular complexity index is 828.